The molecule has 2 unspecified atom stereocenters. The van der Waals surface area contributed by atoms with Crippen LogP contribution in [0.25, 0.3) is 33.5 Å². The molecule has 1 saturated heterocycles. The van der Waals surface area contributed by atoms with Crippen LogP contribution in [0.5, 0.6) is 5.75 Å². The quantitative estimate of drug-likeness (QED) is 0.307. The number of nitrogens with zero attached hydrogens (tertiary/aromatic N) is 5. The van der Waals surface area contributed by atoms with Gasteiger partial charge in [-0.3, -0.25) is 9.78 Å². The van der Waals surface area contributed by atoms with Crippen LogP contribution in [0, 0.1) is 11.8 Å². The van der Waals surface area contributed by atoms with Gasteiger partial charge in [0.2, 0.25) is 0 Å². The molecule has 4 heterocycles. The molecule has 2 N–H and O–H groups in total. The molecule has 2 bridgehead atoms. The first-order valence-electron chi connectivity index (χ1n) is 14.7. The summed E-state index contributed by atoms with van der Waals surface area (Å²) in [5.41, 5.74) is 12.1. The number of carbonyl (C=O) groups excluding carboxylic acids is 1. The van der Waals surface area contributed by atoms with Gasteiger partial charge >= 0.3 is 0 Å². The van der Waals surface area contributed by atoms with Gasteiger partial charge in [0.15, 0.2) is 5.82 Å². The van der Waals surface area contributed by atoms with E-state index >= 15 is 0 Å². The van der Waals surface area contributed by atoms with Gasteiger partial charge in [0.25, 0.3) is 5.91 Å². The summed E-state index contributed by atoms with van der Waals surface area (Å²) in [4.78, 5) is 25.3. The van der Waals surface area contributed by atoms with Gasteiger partial charge in [-0.1, -0.05) is 18.2 Å². The SMILES string of the molecule is COc1cc(C(=O)N2CC3CCC2[C@@H]3N)cc2nc(-c3cc4ccccc4n3CC3CC3)n(Cc3ccncc3)c12. The van der Waals surface area contributed by atoms with E-state index in [2.05, 4.69) is 44.5 Å². The largest absolute Gasteiger partial charge is 0.494 e. The molecule has 3 aliphatic rings. The second-order valence-corrected chi connectivity index (χ2v) is 12.0. The maximum atomic E-state index is 13.8. The van der Waals surface area contributed by atoms with Crippen molar-refractivity contribution in [1.29, 1.82) is 0 Å². The van der Waals surface area contributed by atoms with Gasteiger partial charge in [-0.25, -0.2) is 4.98 Å². The zero-order chi connectivity index (χ0) is 27.7. The molecule has 2 saturated carbocycles. The van der Waals surface area contributed by atoms with Crippen LogP contribution in [0.1, 0.15) is 41.6 Å². The van der Waals surface area contributed by atoms with E-state index in [1.54, 1.807) is 7.11 Å². The number of methoxy groups -OCH3 is 1. The fourth-order valence-corrected chi connectivity index (χ4v) is 7.13. The molecule has 2 aliphatic carbocycles. The highest BCUT2D eigenvalue weighted by Crippen LogP contribution is 2.40. The minimum absolute atomic E-state index is 0.0148. The average Bonchev–Trinajstić information content (AvgIpc) is 3.37. The van der Waals surface area contributed by atoms with Crippen LogP contribution >= 0.6 is 0 Å². The number of pyridine rings is 1. The molecule has 0 radical (unpaired) electrons. The minimum Gasteiger partial charge on any atom is -0.494 e. The molecular weight excluding hydrogens is 512 g/mol. The number of hydrogen-bond donors (Lipinski definition) is 1. The normalized spacial score (nSPS) is 21.8. The molecule has 2 aromatic carbocycles. The molecule has 3 fully saturated rings. The van der Waals surface area contributed by atoms with E-state index in [0.717, 1.165) is 54.0 Å². The Bertz CT molecular complexity index is 1790. The first-order chi connectivity index (χ1) is 20.1. The van der Waals surface area contributed by atoms with Crippen LogP contribution in [-0.4, -0.2) is 55.6 Å². The summed E-state index contributed by atoms with van der Waals surface area (Å²) in [6, 6.07) is 18.9. The van der Waals surface area contributed by atoms with Crippen molar-refractivity contribution < 1.29 is 9.53 Å². The Labute approximate surface area is 238 Å². The third-order valence-electron chi connectivity index (χ3n) is 9.46. The summed E-state index contributed by atoms with van der Waals surface area (Å²) in [5.74, 6) is 2.63. The molecule has 8 nitrogen and oxygen atoms in total. The molecule has 0 spiro atoms. The lowest BCUT2D eigenvalue weighted by atomic mass is 10.1. The van der Waals surface area contributed by atoms with E-state index in [9.17, 15) is 4.79 Å². The summed E-state index contributed by atoms with van der Waals surface area (Å²) >= 11 is 0. The van der Waals surface area contributed by atoms with Crippen molar-refractivity contribution in [3.8, 4) is 17.3 Å². The maximum absolute atomic E-state index is 13.8. The Hall–Kier alpha value is -4.17. The molecule has 5 aromatic rings. The molecule has 41 heavy (non-hydrogen) atoms. The fraction of sp³-hybridized carbons (Fsp3) is 0.364. The molecule has 1 aliphatic heterocycles. The third kappa shape index (κ3) is 4.03. The van der Waals surface area contributed by atoms with Gasteiger partial charge in [-0.15, -0.1) is 0 Å². The first kappa shape index (κ1) is 24.6. The summed E-state index contributed by atoms with van der Waals surface area (Å²) < 4.78 is 10.6. The van der Waals surface area contributed by atoms with Crippen LogP contribution in [0.15, 0.2) is 67.0 Å². The van der Waals surface area contributed by atoms with Crippen LogP contribution in [0.4, 0.5) is 0 Å². The maximum Gasteiger partial charge on any atom is 0.254 e. The zero-order valence-corrected chi connectivity index (χ0v) is 23.2. The van der Waals surface area contributed by atoms with E-state index in [-0.39, 0.29) is 18.0 Å². The number of benzene rings is 2. The number of hydrogen-bond acceptors (Lipinski definition) is 5. The number of likely N-dealkylation sites (tertiary alicyclic amines) is 1. The first-order valence-corrected chi connectivity index (χ1v) is 14.7. The number of carbonyl (C=O) groups is 1. The topological polar surface area (TPSA) is 91.2 Å². The highest BCUT2D eigenvalue weighted by Gasteiger charge is 2.47. The minimum atomic E-state index is 0.0148. The van der Waals surface area contributed by atoms with Crippen molar-refractivity contribution in [3.63, 3.8) is 0 Å². The highest BCUT2D eigenvalue weighted by atomic mass is 16.5. The molecule has 3 aromatic heterocycles. The Balaban J connectivity index is 1.31. The molecule has 3 atom stereocenters. The van der Waals surface area contributed by atoms with Crippen molar-refractivity contribution >= 4 is 27.8 Å². The van der Waals surface area contributed by atoms with Crippen molar-refractivity contribution in [3.05, 3.63) is 78.1 Å². The predicted molar refractivity (Wildman–Crippen MR) is 159 cm³/mol. The zero-order valence-electron chi connectivity index (χ0n) is 23.2. The lowest BCUT2D eigenvalue weighted by Crippen LogP contribution is -2.41. The number of aromatic nitrogens is 4. The Morgan fingerprint density at radius 1 is 1.02 bits per heavy atom. The Morgan fingerprint density at radius 2 is 1.85 bits per heavy atom. The number of amides is 1. The van der Waals surface area contributed by atoms with Gasteiger partial charge in [-0.05, 0) is 79.5 Å². The van der Waals surface area contributed by atoms with E-state index < -0.39 is 0 Å². The van der Waals surface area contributed by atoms with Gasteiger partial charge in [-0.2, -0.15) is 0 Å². The fourth-order valence-electron chi connectivity index (χ4n) is 7.13. The highest BCUT2D eigenvalue weighted by molar-refractivity contribution is 6.00. The standard InChI is InChI=1S/C33H34N6O2/c1-41-29-16-24(33(40)38-19-23-8-9-27(38)30(23)34)14-25-31(29)39(18-21-10-12-35-13-11-21)32(36-25)28-15-22-4-2-3-5-26(22)37(28)17-20-6-7-20/h2-5,10-16,20,23,27,30H,6-9,17-19,34H2,1H3/t23?,27?,30-/m1/s1. The van der Waals surface area contributed by atoms with Gasteiger partial charge in [0, 0.05) is 60.6 Å². The van der Waals surface area contributed by atoms with Gasteiger partial charge < -0.3 is 24.5 Å². The molecule has 208 valence electrons. The Morgan fingerprint density at radius 3 is 2.59 bits per heavy atom. The van der Waals surface area contributed by atoms with E-state index in [1.807, 2.05) is 41.6 Å². The van der Waals surface area contributed by atoms with E-state index in [1.165, 1.54) is 23.7 Å². The van der Waals surface area contributed by atoms with Crippen LogP contribution < -0.4 is 10.5 Å². The van der Waals surface area contributed by atoms with E-state index in [0.29, 0.717) is 29.7 Å². The number of para-hydroxylation sites is 1. The molecular formula is C33H34N6O2. The summed E-state index contributed by atoms with van der Waals surface area (Å²) in [6.07, 6.45) is 8.26. The number of rotatable bonds is 7. The van der Waals surface area contributed by atoms with Crippen molar-refractivity contribution in [2.75, 3.05) is 13.7 Å². The van der Waals surface area contributed by atoms with Crippen LogP contribution in [0.3, 0.4) is 0 Å². The van der Waals surface area contributed by atoms with Crippen molar-refractivity contribution in [1.82, 2.24) is 24.0 Å². The smallest absolute Gasteiger partial charge is 0.254 e. The summed E-state index contributed by atoms with van der Waals surface area (Å²) in [7, 11) is 1.67. The molecule has 8 rings (SSSR count). The average molecular weight is 547 g/mol. The van der Waals surface area contributed by atoms with Crippen molar-refractivity contribution in [2.45, 2.75) is 50.9 Å². The Kier molecular flexibility index (Phi) is 5.67. The molecule has 1 amide bonds. The lowest BCUT2D eigenvalue weighted by molar-refractivity contribution is 0.0700. The van der Waals surface area contributed by atoms with Crippen LogP contribution in [0.2, 0.25) is 0 Å². The number of ether oxygens (including phenoxy) is 1. The number of piperidine rings is 1. The summed E-state index contributed by atoms with van der Waals surface area (Å²) in [6.45, 7) is 2.31. The van der Waals surface area contributed by atoms with Crippen LogP contribution in [-0.2, 0) is 13.1 Å². The second-order valence-electron chi connectivity index (χ2n) is 12.0. The number of nitrogens with two attached hydrogens (primary N) is 1. The van der Waals surface area contributed by atoms with E-state index in [4.69, 9.17) is 15.5 Å². The third-order valence-corrected chi connectivity index (χ3v) is 9.46. The predicted octanol–water partition coefficient (Wildman–Crippen LogP) is 5.08. The van der Waals surface area contributed by atoms with Gasteiger partial charge in [0.05, 0.1) is 18.3 Å². The summed E-state index contributed by atoms with van der Waals surface area (Å²) in [5, 5.41) is 1.20. The second kappa shape index (κ2) is 9.45. The number of fused-ring (bicyclic) bond motifs is 4. The number of imidazole rings is 1. The van der Waals surface area contributed by atoms with Gasteiger partial charge in [0.1, 0.15) is 11.3 Å². The monoisotopic (exact) mass is 546 g/mol. The molecule has 8 heteroatoms. The lowest BCUT2D eigenvalue weighted by Gasteiger charge is -2.27. The van der Waals surface area contributed by atoms with Crippen molar-refractivity contribution in [2.24, 2.45) is 17.6 Å².